The number of aryl methyl sites for hydroxylation is 2. The van der Waals surface area contributed by atoms with Gasteiger partial charge in [-0.05, 0) is 55.3 Å². The van der Waals surface area contributed by atoms with Gasteiger partial charge in [0.15, 0.2) is 5.82 Å². The van der Waals surface area contributed by atoms with Crippen molar-refractivity contribution in [1.82, 2.24) is 14.5 Å². The summed E-state index contributed by atoms with van der Waals surface area (Å²) in [5.41, 5.74) is 3.32. The van der Waals surface area contributed by atoms with Gasteiger partial charge >= 0.3 is 0 Å². The van der Waals surface area contributed by atoms with Crippen LogP contribution in [-0.4, -0.2) is 56.2 Å². The Bertz CT molecular complexity index is 1170. The first-order valence-electron chi connectivity index (χ1n) is 10.2. The summed E-state index contributed by atoms with van der Waals surface area (Å²) < 4.78 is 33.2. The van der Waals surface area contributed by atoms with Crippen LogP contribution in [0.5, 0.6) is 5.75 Å². The smallest absolute Gasteiger partial charge is 0.243 e. The molecule has 0 unspecified atom stereocenters. The van der Waals surface area contributed by atoms with Crippen molar-refractivity contribution in [3.05, 3.63) is 65.7 Å². The lowest BCUT2D eigenvalue weighted by molar-refractivity contribution is 0.383. The number of methoxy groups -OCH3 is 1. The van der Waals surface area contributed by atoms with Crippen LogP contribution in [0.1, 0.15) is 11.1 Å². The number of hydrogen-bond acceptors (Lipinski definition) is 6. The minimum atomic E-state index is -3.51. The number of ether oxygens (including phenoxy) is 1. The third-order valence-electron chi connectivity index (χ3n) is 5.56. The zero-order valence-electron chi connectivity index (χ0n) is 17.9. The number of hydrogen-bond donors (Lipinski definition) is 0. The largest absolute Gasteiger partial charge is 0.496 e. The molecule has 1 fully saturated rings. The number of aromatic nitrogens is 2. The summed E-state index contributed by atoms with van der Waals surface area (Å²) in [6, 6.07) is 17.1. The van der Waals surface area contributed by atoms with Gasteiger partial charge in [0.1, 0.15) is 5.75 Å². The van der Waals surface area contributed by atoms with E-state index in [1.54, 1.807) is 17.5 Å². The highest BCUT2D eigenvalue weighted by Crippen LogP contribution is 2.29. The predicted molar refractivity (Wildman–Crippen MR) is 121 cm³/mol. The van der Waals surface area contributed by atoms with E-state index in [1.165, 1.54) is 0 Å². The van der Waals surface area contributed by atoms with Crippen molar-refractivity contribution in [3.8, 4) is 17.0 Å². The Morgan fingerprint density at radius 2 is 1.65 bits per heavy atom. The van der Waals surface area contributed by atoms with Crippen molar-refractivity contribution in [2.45, 2.75) is 18.7 Å². The second-order valence-corrected chi connectivity index (χ2v) is 9.54. The third kappa shape index (κ3) is 4.26. The molecule has 0 atom stereocenters. The molecule has 0 radical (unpaired) electrons. The van der Waals surface area contributed by atoms with Crippen LogP contribution in [0.15, 0.2) is 59.5 Å². The van der Waals surface area contributed by atoms with Crippen molar-refractivity contribution in [2.75, 3.05) is 38.2 Å². The number of nitrogens with zero attached hydrogens (tertiary/aromatic N) is 4. The molecule has 8 heteroatoms. The zero-order valence-corrected chi connectivity index (χ0v) is 18.8. The number of benzene rings is 2. The molecule has 3 aromatic rings. The van der Waals surface area contributed by atoms with Crippen LogP contribution in [0.3, 0.4) is 0 Å². The monoisotopic (exact) mass is 438 g/mol. The van der Waals surface area contributed by atoms with Gasteiger partial charge in [-0.1, -0.05) is 24.3 Å². The first-order valence-corrected chi connectivity index (χ1v) is 11.6. The predicted octanol–water partition coefficient (Wildman–Crippen LogP) is 3.28. The van der Waals surface area contributed by atoms with Crippen molar-refractivity contribution in [3.63, 3.8) is 0 Å². The maximum Gasteiger partial charge on any atom is 0.243 e. The van der Waals surface area contributed by atoms with Gasteiger partial charge in [0.05, 0.1) is 17.7 Å². The topological polar surface area (TPSA) is 75.6 Å². The van der Waals surface area contributed by atoms with E-state index in [1.807, 2.05) is 62.4 Å². The molecule has 0 saturated carbocycles. The average molecular weight is 439 g/mol. The van der Waals surface area contributed by atoms with Crippen LogP contribution in [0.4, 0.5) is 5.82 Å². The molecule has 7 nitrogen and oxygen atoms in total. The molecule has 0 amide bonds. The Hall–Kier alpha value is -2.97. The maximum absolute atomic E-state index is 13.1. The van der Waals surface area contributed by atoms with Gasteiger partial charge in [-0.15, -0.1) is 10.2 Å². The number of rotatable bonds is 5. The molecule has 162 valence electrons. The molecular formula is C23H26N4O3S. The summed E-state index contributed by atoms with van der Waals surface area (Å²) in [4.78, 5) is 2.45. The van der Waals surface area contributed by atoms with Gasteiger partial charge in [0.25, 0.3) is 0 Å². The van der Waals surface area contributed by atoms with Crippen molar-refractivity contribution >= 4 is 15.8 Å². The van der Waals surface area contributed by atoms with E-state index in [2.05, 4.69) is 15.1 Å². The van der Waals surface area contributed by atoms with Gasteiger partial charge < -0.3 is 9.64 Å². The van der Waals surface area contributed by atoms with E-state index in [-0.39, 0.29) is 0 Å². The Labute approximate surface area is 183 Å². The van der Waals surface area contributed by atoms with Crippen LogP contribution >= 0.6 is 0 Å². The lowest BCUT2D eigenvalue weighted by Crippen LogP contribution is -2.49. The lowest BCUT2D eigenvalue weighted by Gasteiger charge is -2.34. The fourth-order valence-electron chi connectivity index (χ4n) is 3.78. The van der Waals surface area contributed by atoms with E-state index < -0.39 is 10.0 Å². The van der Waals surface area contributed by atoms with E-state index >= 15 is 0 Å². The molecule has 31 heavy (non-hydrogen) atoms. The van der Waals surface area contributed by atoms with Gasteiger partial charge in [-0.2, -0.15) is 4.31 Å². The van der Waals surface area contributed by atoms with Gasteiger partial charge in [-0.3, -0.25) is 0 Å². The van der Waals surface area contributed by atoms with Gasteiger partial charge in [0, 0.05) is 31.7 Å². The normalized spacial score (nSPS) is 15.1. The average Bonchev–Trinajstić information content (AvgIpc) is 2.80. The molecule has 1 aliphatic rings. The van der Waals surface area contributed by atoms with Crippen LogP contribution in [-0.2, 0) is 10.0 Å². The lowest BCUT2D eigenvalue weighted by atomic mass is 10.1. The summed E-state index contributed by atoms with van der Waals surface area (Å²) in [5.74, 6) is 1.48. The second-order valence-electron chi connectivity index (χ2n) is 7.64. The highest BCUT2D eigenvalue weighted by Gasteiger charge is 2.30. The van der Waals surface area contributed by atoms with Crippen molar-refractivity contribution in [1.29, 1.82) is 0 Å². The molecule has 1 saturated heterocycles. The molecule has 1 aromatic heterocycles. The van der Waals surface area contributed by atoms with E-state index in [4.69, 9.17) is 4.74 Å². The zero-order chi connectivity index (χ0) is 22.0. The van der Waals surface area contributed by atoms with Crippen molar-refractivity contribution in [2.24, 2.45) is 0 Å². The molecule has 0 N–H and O–H groups in total. The molecular weight excluding hydrogens is 412 g/mol. The number of sulfonamides is 1. The Morgan fingerprint density at radius 3 is 2.32 bits per heavy atom. The minimum Gasteiger partial charge on any atom is -0.496 e. The molecule has 2 heterocycles. The van der Waals surface area contributed by atoms with E-state index in [9.17, 15) is 8.42 Å². The highest BCUT2D eigenvalue weighted by atomic mass is 32.2. The first-order chi connectivity index (χ1) is 14.9. The number of anilines is 1. The summed E-state index contributed by atoms with van der Waals surface area (Å²) in [5, 5.41) is 8.74. The summed E-state index contributed by atoms with van der Waals surface area (Å²) in [7, 11) is -1.88. The SMILES string of the molecule is COc1ccccc1-c1ccc(N2CCN(S(=O)(=O)c3cc(C)ccc3C)CC2)nn1. The maximum atomic E-state index is 13.1. The number of para-hydroxylation sites is 1. The summed E-state index contributed by atoms with van der Waals surface area (Å²) >= 11 is 0. The van der Waals surface area contributed by atoms with E-state index in [0.717, 1.165) is 34.0 Å². The standard InChI is InChI=1S/C23H26N4O3S/c1-17-8-9-18(2)22(16-17)31(28,29)27-14-12-26(13-15-27)23-11-10-20(24-25-23)19-6-4-5-7-21(19)30-3/h4-11,16H,12-15H2,1-3H3. The quantitative estimate of drug-likeness (QED) is 0.609. The molecule has 4 rings (SSSR count). The first kappa shape index (κ1) is 21.3. The van der Waals surface area contributed by atoms with Crippen LogP contribution in [0, 0.1) is 13.8 Å². The Kier molecular flexibility index (Phi) is 5.93. The molecule has 0 bridgehead atoms. The Balaban J connectivity index is 1.47. The molecule has 0 spiro atoms. The van der Waals surface area contributed by atoms with Crippen molar-refractivity contribution < 1.29 is 13.2 Å². The summed E-state index contributed by atoms with van der Waals surface area (Å²) in [6.07, 6.45) is 0. The highest BCUT2D eigenvalue weighted by molar-refractivity contribution is 7.89. The minimum absolute atomic E-state index is 0.391. The fraction of sp³-hybridized carbons (Fsp3) is 0.304. The third-order valence-corrected chi connectivity index (χ3v) is 7.60. The molecule has 0 aliphatic carbocycles. The Morgan fingerprint density at radius 1 is 0.903 bits per heavy atom. The van der Waals surface area contributed by atoms with Crippen LogP contribution in [0.25, 0.3) is 11.3 Å². The van der Waals surface area contributed by atoms with E-state index in [0.29, 0.717) is 31.1 Å². The number of piperazine rings is 1. The molecule has 1 aliphatic heterocycles. The van der Waals surface area contributed by atoms with Gasteiger partial charge in [0.2, 0.25) is 10.0 Å². The molecule has 2 aromatic carbocycles. The van der Waals surface area contributed by atoms with Crippen LogP contribution < -0.4 is 9.64 Å². The van der Waals surface area contributed by atoms with Crippen LogP contribution in [0.2, 0.25) is 0 Å². The summed E-state index contributed by atoms with van der Waals surface area (Å²) in [6.45, 7) is 5.68. The fourth-order valence-corrected chi connectivity index (χ4v) is 5.51. The van der Waals surface area contributed by atoms with Gasteiger partial charge in [-0.25, -0.2) is 8.42 Å². The second kappa shape index (κ2) is 8.64.